The van der Waals surface area contributed by atoms with Gasteiger partial charge < -0.3 is 35.6 Å². The maximum Gasteiger partial charge on any atom is 0.469 e. The number of nitrogens with two attached hydrogens (primary N) is 1. The maximum absolute atomic E-state index is 10.3. The number of carbonyl (C=O) groups is 1. The van der Waals surface area contributed by atoms with E-state index in [9.17, 15) is 19.6 Å². The number of aliphatic hydroxyl groups is 3. The summed E-state index contributed by atoms with van der Waals surface area (Å²) in [5.41, 5.74) is 5.05. The van der Waals surface area contributed by atoms with Gasteiger partial charge in [-0.2, -0.15) is 0 Å². The highest BCUT2D eigenvalue weighted by Gasteiger charge is 2.30. The van der Waals surface area contributed by atoms with Gasteiger partial charge in [0.05, 0.1) is 12.6 Å². The molecule has 0 saturated carbocycles. The van der Waals surface area contributed by atoms with E-state index in [1.807, 2.05) is 0 Å². The van der Waals surface area contributed by atoms with E-state index in [1.165, 1.54) is 0 Å². The summed E-state index contributed by atoms with van der Waals surface area (Å²) in [5.74, 6) is 0. The molecule has 0 aromatic heterocycles. The highest BCUT2D eigenvalue weighted by Crippen LogP contribution is 2.35. The number of aliphatic hydroxyl groups excluding tert-OH is 3. The summed E-state index contributed by atoms with van der Waals surface area (Å²) in [6.45, 7) is -0.909. The molecule has 0 aliphatic carbocycles. The summed E-state index contributed by atoms with van der Waals surface area (Å²) < 4.78 is 14.1. The molecule has 0 rings (SSSR count). The van der Waals surface area contributed by atoms with Gasteiger partial charge in [0, 0.05) is 0 Å². The number of phosphoric acid groups is 1. The van der Waals surface area contributed by atoms with Gasteiger partial charge in [-0.3, -0.25) is 4.52 Å². The van der Waals surface area contributed by atoms with Gasteiger partial charge in [0.15, 0.2) is 0 Å². The fourth-order valence-corrected chi connectivity index (χ4v) is 1.15. The van der Waals surface area contributed by atoms with Gasteiger partial charge in [0.1, 0.15) is 24.6 Å². The van der Waals surface area contributed by atoms with E-state index in [4.69, 9.17) is 20.6 Å². The van der Waals surface area contributed by atoms with E-state index in [2.05, 4.69) is 4.52 Å². The van der Waals surface area contributed by atoms with Crippen LogP contribution in [0.4, 0.5) is 0 Å². The second kappa shape index (κ2) is 6.38. The lowest BCUT2D eigenvalue weighted by Crippen LogP contribution is -2.50. The van der Waals surface area contributed by atoms with Crippen molar-refractivity contribution in [2.24, 2.45) is 5.73 Å². The minimum atomic E-state index is -4.77. The van der Waals surface area contributed by atoms with Gasteiger partial charge in [0.2, 0.25) is 0 Å². The van der Waals surface area contributed by atoms with Crippen molar-refractivity contribution in [3.63, 3.8) is 0 Å². The average Bonchev–Trinajstić information content (AvgIpc) is 2.21. The molecule has 0 unspecified atom stereocenters. The van der Waals surface area contributed by atoms with Crippen LogP contribution >= 0.6 is 7.82 Å². The zero-order valence-electron chi connectivity index (χ0n) is 8.08. The first kappa shape index (κ1) is 15.6. The highest BCUT2D eigenvalue weighted by atomic mass is 31.2. The minimum absolute atomic E-state index is 0.157. The van der Waals surface area contributed by atoms with Crippen LogP contribution in [-0.4, -0.2) is 62.4 Å². The Bertz CT molecular complexity index is 267. The number of phosphoric ester groups is 1. The molecule has 0 radical (unpaired) electrons. The standard InChI is InChI=1S/C6H14NO8P/c7-3(1-8)5(10)6(11)4(9)2-15-16(12,13)14/h1,3-6,9-11H,2,7H2,(H2,12,13,14)/t3-,4-,5-,6-/m1/s1. The fourth-order valence-electron chi connectivity index (χ4n) is 0.808. The predicted octanol–water partition coefficient (Wildman–Crippen LogP) is -3.30. The summed E-state index contributed by atoms with van der Waals surface area (Å²) in [4.78, 5) is 26.7. The Morgan fingerprint density at radius 1 is 1.25 bits per heavy atom. The van der Waals surface area contributed by atoms with Gasteiger partial charge >= 0.3 is 7.82 Å². The van der Waals surface area contributed by atoms with Gasteiger partial charge in [-0.25, -0.2) is 4.57 Å². The van der Waals surface area contributed by atoms with Crippen LogP contribution in [0.1, 0.15) is 0 Å². The molecule has 0 aliphatic heterocycles. The SMILES string of the molecule is N[C@H](C=O)[C@@H](O)[C@H](O)[C@H](O)COP(=O)(O)O. The van der Waals surface area contributed by atoms with Crippen molar-refractivity contribution < 1.29 is 39.0 Å². The predicted molar refractivity (Wildman–Crippen MR) is 50.1 cm³/mol. The lowest BCUT2D eigenvalue weighted by molar-refractivity contribution is -0.118. The summed E-state index contributed by atoms with van der Waals surface area (Å²) in [6.07, 6.45) is -5.24. The van der Waals surface area contributed by atoms with Crippen LogP contribution in [-0.2, 0) is 13.9 Å². The second-order valence-corrected chi connectivity index (χ2v) is 4.29. The van der Waals surface area contributed by atoms with Gasteiger partial charge in [-0.1, -0.05) is 0 Å². The third-order valence-corrected chi connectivity index (χ3v) is 2.19. The lowest BCUT2D eigenvalue weighted by atomic mass is 10.0. The number of carbonyl (C=O) groups excluding carboxylic acids is 1. The van der Waals surface area contributed by atoms with E-state index >= 15 is 0 Å². The molecule has 10 heteroatoms. The van der Waals surface area contributed by atoms with Crippen molar-refractivity contribution in [3.05, 3.63) is 0 Å². The normalized spacial score (nSPS) is 19.9. The molecule has 0 aliphatic rings. The molecule has 0 spiro atoms. The molecule has 9 nitrogen and oxygen atoms in total. The van der Waals surface area contributed by atoms with E-state index in [1.54, 1.807) is 0 Å². The average molecular weight is 259 g/mol. The Balaban J connectivity index is 4.22. The van der Waals surface area contributed by atoms with Crippen LogP contribution in [0, 0.1) is 0 Å². The Hall–Kier alpha value is -0.380. The summed E-state index contributed by atoms with van der Waals surface area (Å²) >= 11 is 0. The maximum atomic E-state index is 10.3. The van der Waals surface area contributed by atoms with Crippen LogP contribution in [0.2, 0.25) is 0 Å². The number of hydrogen-bond acceptors (Lipinski definition) is 7. The molecule has 4 atom stereocenters. The van der Waals surface area contributed by atoms with Crippen molar-refractivity contribution >= 4 is 14.1 Å². The van der Waals surface area contributed by atoms with E-state index in [0.29, 0.717) is 0 Å². The quantitative estimate of drug-likeness (QED) is 0.202. The monoisotopic (exact) mass is 259 g/mol. The van der Waals surface area contributed by atoms with Crippen molar-refractivity contribution in [1.82, 2.24) is 0 Å². The van der Waals surface area contributed by atoms with Crippen LogP contribution in [0.25, 0.3) is 0 Å². The first-order chi connectivity index (χ1) is 7.19. The molecule has 7 N–H and O–H groups in total. The van der Waals surface area contributed by atoms with E-state index in [-0.39, 0.29) is 6.29 Å². The molecule has 0 heterocycles. The third-order valence-electron chi connectivity index (χ3n) is 1.71. The molecular formula is C6H14NO8P. The van der Waals surface area contributed by atoms with Crippen LogP contribution < -0.4 is 5.73 Å². The van der Waals surface area contributed by atoms with Crippen LogP contribution in [0.3, 0.4) is 0 Å². The van der Waals surface area contributed by atoms with Gasteiger partial charge in [-0.05, 0) is 0 Å². The van der Waals surface area contributed by atoms with Crippen molar-refractivity contribution in [3.8, 4) is 0 Å². The molecule has 0 amide bonds. The Morgan fingerprint density at radius 2 is 1.75 bits per heavy atom. The topological polar surface area (TPSA) is 171 Å². The molecule has 0 aromatic rings. The second-order valence-electron chi connectivity index (χ2n) is 3.05. The van der Waals surface area contributed by atoms with Crippen molar-refractivity contribution in [2.45, 2.75) is 24.4 Å². The molecule has 0 saturated heterocycles. The Morgan fingerprint density at radius 3 is 2.12 bits per heavy atom. The lowest BCUT2D eigenvalue weighted by Gasteiger charge is -2.24. The fraction of sp³-hybridized carbons (Fsp3) is 0.833. The molecule has 0 aromatic carbocycles. The van der Waals surface area contributed by atoms with E-state index < -0.39 is 38.8 Å². The Kier molecular flexibility index (Phi) is 6.23. The number of rotatable bonds is 7. The van der Waals surface area contributed by atoms with Crippen molar-refractivity contribution in [1.29, 1.82) is 0 Å². The third kappa shape index (κ3) is 5.64. The highest BCUT2D eigenvalue weighted by molar-refractivity contribution is 7.46. The van der Waals surface area contributed by atoms with Crippen LogP contribution in [0.5, 0.6) is 0 Å². The molecule has 0 fully saturated rings. The minimum Gasteiger partial charge on any atom is -0.388 e. The molecule has 0 bridgehead atoms. The largest absolute Gasteiger partial charge is 0.469 e. The summed E-state index contributed by atoms with van der Waals surface area (Å²) in [7, 11) is -4.77. The van der Waals surface area contributed by atoms with Gasteiger partial charge in [-0.15, -0.1) is 0 Å². The summed E-state index contributed by atoms with van der Waals surface area (Å²) in [6, 6.07) is -1.42. The van der Waals surface area contributed by atoms with Crippen LogP contribution in [0.15, 0.2) is 0 Å². The number of hydrogen-bond donors (Lipinski definition) is 6. The first-order valence-electron chi connectivity index (χ1n) is 4.14. The molecular weight excluding hydrogens is 245 g/mol. The summed E-state index contributed by atoms with van der Waals surface area (Å²) in [5, 5.41) is 27.5. The zero-order valence-corrected chi connectivity index (χ0v) is 8.97. The smallest absolute Gasteiger partial charge is 0.388 e. The molecule has 16 heavy (non-hydrogen) atoms. The number of aldehydes is 1. The first-order valence-corrected chi connectivity index (χ1v) is 5.67. The zero-order chi connectivity index (χ0) is 12.9. The molecule has 96 valence electrons. The van der Waals surface area contributed by atoms with Crippen molar-refractivity contribution in [2.75, 3.05) is 6.61 Å². The van der Waals surface area contributed by atoms with Gasteiger partial charge in [0.25, 0.3) is 0 Å². The van der Waals surface area contributed by atoms with E-state index in [0.717, 1.165) is 0 Å². The Labute approximate surface area is 90.7 Å².